The maximum Gasteiger partial charge on any atom is 0.343 e. The summed E-state index contributed by atoms with van der Waals surface area (Å²) in [5, 5.41) is 6.80. The van der Waals surface area contributed by atoms with Crippen LogP contribution in [0.3, 0.4) is 0 Å². The number of anilines is 1. The molecule has 0 aromatic heterocycles. The number of hydrogen-bond acceptors (Lipinski definition) is 6. The van der Waals surface area contributed by atoms with E-state index in [0.717, 1.165) is 4.47 Å². The smallest absolute Gasteiger partial charge is 0.343 e. The number of amides is 2. The first-order valence-electron chi connectivity index (χ1n) is 12.0. The molecule has 8 nitrogen and oxygen atoms in total. The second-order valence-electron chi connectivity index (χ2n) is 8.14. The van der Waals surface area contributed by atoms with Gasteiger partial charge < -0.3 is 14.8 Å². The summed E-state index contributed by atoms with van der Waals surface area (Å²) in [6, 6.07) is 27.1. The maximum absolute atomic E-state index is 12.6. The average molecular weight is 586 g/mol. The van der Waals surface area contributed by atoms with E-state index in [1.54, 1.807) is 91.0 Å². The van der Waals surface area contributed by atoms with Crippen LogP contribution in [-0.2, 0) is 0 Å². The summed E-state index contributed by atoms with van der Waals surface area (Å²) in [4.78, 5) is 37.5. The van der Waals surface area contributed by atoms with Gasteiger partial charge >= 0.3 is 5.97 Å². The first kappa shape index (κ1) is 27.3. The van der Waals surface area contributed by atoms with E-state index in [4.69, 9.17) is 9.47 Å². The van der Waals surface area contributed by atoms with Crippen molar-refractivity contribution in [3.63, 3.8) is 0 Å². The van der Waals surface area contributed by atoms with Crippen LogP contribution in [0.25, 0.3) is 0 Å². The van der Waals surface area contributed by atoms with Gasteiger partial charge in [0, 0.05) is 21.3 Å². The van der Waals surface area contributed by atoms with E-state index in [1.165, 1.54) is 6.21 Å². The van der Waals surface area contributed by atoms with Crippen molar-refractivity contribution in [2.45, 2.75) is 6.92 Å². The first-order chi connectivity index (χ1) is 18.9. The molecule has 4 rings (SSSR count). The Kier molecular flexibility index (Phi) is 9.20. The Bertz CT molecular complexity index is 1510. The molecule has 0 aliphatic heterocycles. The summed E-state index contributed by atoms with van der Waals surface area (Å²) in [5.74, 6) is -0.617. The van der Waals surface area contributed by atoms with Crippen molar-refractivity contribution in [2.75, 3.05) is 11.9 Å². The number of hydrogen-bond donors (Lipinski definition) is 2. The lowest BCUT2D eigenvalue weighted by atomic mass is 10.1. The molecule has 0 radical (unpaired) electrons. The van der Waals surface area contributed by atoms with Crippen LogP contribution in [0.2, 0.25) is 0 Å². The van der Waals surface area contributed by atoms with Crippen LogP contribution in [0.5, 0.6) is 11.5 Å². The minimum Gasteiger partial charge on any atom is -0.490 e. The average Bonchev–Trinajstić information content (AvgIpc) is 2.95. The van der Waals surface area contributed by atoms with Gasteiger partial charge in [-0.3, -0.25) is 9.59 Å². The van der Waals surface area contributed by atoms with Crippen LogP contribution in [0.15, 0.2) is 107 Å². The van der Waals surface area contributed by atoms with Crippen molar-refractivity contribution in [2.24, 2.45) is 5.10 Å². The molecule has 2 N–H and O–H groups in total. The van der Waals surface area contributed by atoms with Crippen molar-refractivity contribution in [3.8, 4) is 11.5 Å². The van der Waals surface area contributed by atoms with Crippen LogP contribution >= 0.6 is 15.9 Å². The van der Waals surface area contributed by atoms with Gasteiger partial charge in [-0.15, -0.1) is 0 Å². The Morgan fingerprint density at radius 1 is 0.795 bits per heavy atom. The molecule has 0 unspecified atom stereocenters. The van der Waals surface area contributed by atoms with E-state index in [9.17, 15) is 14.4 Å². The topological polar surface area (TPSA) is 106 Å². The molecule has 0 aliphatic carbocycles. The highest BCUT2D eigenvalue weighted by Gasteiger charge is 2.14. The minimum atomic E-state index is -0.515. The highest BCUT2D eigenvalue weighted by Crippen LogP contribution is 2.29. The first-order valence-corrected chi connectivity index (χ1v) is 12.8. The van der Waals surface area contributed by atoms with Gasteiger partial charge in [0.05, 0.1) is 18.4 Å². The molecule has 0 heterocycles. The van der Waals surface area contributed by atoms with Crippen molar-refractivity contribution in [1.29, 1.82) is 0 Å². The Labute approximate surface area is 233 Å². The van der Waals surface area contributed by atoms with E-state index in [0.29, 0.717) is 40.3 Å². The van der Waals surface area contributed by atoms with Crippen LogP contribution in [-0.4, -0.2) is 30.6 Å². The number of nitrogens with one attached hydrogen (secondary N) is 2. The van der Waals surface area contributed by atoms with Gasteiger partial charge in [-0.1, -0.05) is 40.2 Å². The molecule has 0 atom stereocenters. The predicted molar refractivity (Wildman–Crippen MR) is 153 cm³/mol. The molecule has 4 aromatic carbocycles. The fraction of sp³-hybridized carbons (Fsp3) is 0.0667. The number of esters is 1. The molecular weight excluding hydrogens is 562 g/mol. The molecule has 2 amide bonds. The minimum absolute atomic E-state index is 0.264. The number of ether oxygens (including phenoxy) is 2. The summed E-state index contributed by atoms with van der Waals surface area (Å²) >= 11 is 3.34. The maximum atomic E-state index is 12.6. The molecule has 0 fully saturated rings. The number of rotatable bonds is 9. The Morgan fingerprint density at radius 2 is 1.54 bits per heavy atom. The van der Waals surface area contributed by atoms with Crippen LogP contribution in [0.1, 0.15) is 43.6 Å². The summed E-state index contributed by atoms with van der Waals surface area (Å²) < 4.78 is 12.0. The molecule has 39 heavy (non-hydrogen) atoms. The van der Waals surface area contributed by atoms with Crippen LogP contribution in [0, 0.1) is 0 Å². The molecule has 0 saturated heterocycles. The monoisotopic (exact) mass is 585 g/mol. The van der Waals surface area contributed by atoms with Crippen molar-refractivity contribution < 1.29 is 23.9 Å². The van der Waals surface area contributed by atoms with Gasteiger partial charge in [0.2, 0.25) is 0 Å². The Morgan fingerprint density at radius 3 is 2.28 bits per heavy atom. The van der Waals surface area contributed by atoms with Gasteiger partial charge in [-0.25, -0.2) is 10.2 Å². The van der Waals surface area contributed by atoms with E-state index in [1.807, 2.05) is 13.0 Å². The highest BCUT2D eigenvalue weighted by atomic mass is 79.9. The van der Waals surface area contributed by atoms with Crippen LogP contribution in [0.4, 0.5) is 5.69 Å². The predicted octanol–water partition coefficient (Wildman–Crippen LogP) is 6.08. The van der Waals surface area contributed by atoms with Gasteiger partial charge in [0.15, 0.2) is 11.5 Å². The standard InChI is InChI=1S/C30H24BrN3O5/c1-2-38-27-17-20(11-16-26(27)39-30(37)22-12-14-24(31)15-13-22)19-32-34-29(36)23-9-6-10-25(18-23)33-28(35)21-7-4-3-5-8-21/h3-19H,2H2,1H3,(H,33,35)(H,34,36). The largest absolute Gasteiger partial charge is 0.490 e. The normalized spacial score (nSPS) is 10.6. The van der Waals surface area contributed by atoms with Crippen molar-refractivity contribution >= 4 is 45.6 Å². The van der Waals surface area contributed by atoms with Crippen molar-refractivity contribution in [1.82, 2.24) is 5.43 Å². The zero-order valence-electron chi connectivity index (χ0n) is 20.9. The number of carbonyl (C=O) groups is 3. The number of nitrogens with zero attached hydrogens (tertiary/aromatic N) is 1. The zero-order chi connectivity index (χ0) is 27.6. The van der Waals surface area contributed by atoms with E-state index in [-0.39, 0.29) is 11.7 Å². The molecule has 9 heteroatoms. The quantitative estimate of drug-likeness (QED) is 0.107. The van der Waals surface area contributed by atoms with Gasteiger partial charge in [0.1, 0.15) is 0 Å². The number of carbonyl (C=O) groups excluding carboxylic acids is 3. The van der Waals surface area contributed by atoms with E-state index in [2.05, 4.69) is 31.8 Å². The molecule has 0 saturated carbocycles. The molecular formula is C30H24BrN3O5. The second-order valence-corrected chi connectivity index (χ2v) is 9.05. The second kappa shape index (κ2) is 13.2. The molecule has 0 spiro atoms. The van der Waals surface area contributed by atoms with Crippen LogP contribution < -0.4 is 20.2 Å². The zero-order valence-corrected chi connectivity index (χ0v) is 22.5. The number of hydrazone groups is 1. The molecule has 0 aliphatic rings. The summed E-state index contributed by atoms with van der Waals surface area (Å²) in [6.07, 6.45) is 1.45. The third-order valence-corrected chi connectivity index (χ3v) is 5.88. The van der Waals surface area contributed by atoms with Gasteiger partial charge in [0.25, 0.3) is 11.8 Å². The molecule has 4 aromatic rings. The Balaban J connectivity index is 1.39. The summed E-state index contributed by atoms with van der Waals surface area (Å²) in [7, 11) is 0. The lowest BCUT2D eigenvalue weighted by Crippen LogP contribution is -2.18. The SMILES string of the molecule is CCOc1cc(C=NNC(=O)c2cccc(NC(=O)c3ccccc3)c2)ccc1OC(=O)c1ccc(Br)cc1. The summed E-state index contributed by atoms with van der Waals surface area (Å²) in [6.45, 7) is 2.18. The molecule has 0 bridgehead atoms. The number of benzene rings is 4. The molecule has 196 valence electrons. The van der Waals surface area contributed by atoms with E-state index >= 15 is 0 Å². The lowest BCUT2D eigenvalue weighted by molar-refractivity contribution is 0.0728. The highest BCUT2D eigenvalue weighted by molar-refractivity contribution is 9.10. The third-order valence-electron chi connectivity index (χ3n) is 5.35. The van der Waals surface area contributed by atoms with Gasteiger partial charge in [-0.2, -0.15) is 5.10 Å². The fourth-order valence-electron chi connectivity index (χ4n) is 3.46. The van der Waals surface area contributed by atoms with Crippen molar-refractivity contribution in [3.05, 3.63) is 124 Å². The van der Waals surface area contributed by atoms with E-state index < -0.39 is 11.9 Å². The summed E-state index contributed by atoms with van der Waals surface area (Å²) in [5.41, 5.74) is 4.80. The Hall–Kier alpha value is -4.76. The third kappa shape index (κ3) is 7.62. The fourth-order valence-corrected chi connectivity index (χ4v) is 3.73. The van der Waals surface area contributed by atoms with Gasteiger partial charge in [-0.05, 0) is 85.3 Å². The number of halogens is 1. The lowest BCUT2D eigenvalue weighted by Gasteiger charge is -2.11.